The van der Waals surface area contributed by atoms with Crippen LogP contribution in [0.15, 0.2) is 47.6 Å². The second-order valence-corrected chi connectivity index (χ2v) is 6.73. The zero-order chi connectivity index (χ0) is 19.8. The highest BCUT2D eigenvalue weighted by Crippen LogP contribution is 2.26. The van der Waals surface area contributed by atoms with Crippen LogP contribution in [0.1, 0.15) is 50.0 Å². The largest absolute Gasteiger partial charge is 0.494 e. The van der Waals surface area contributed by atoms with Crippen LogP contribution in [0.2, 0.25) is 5.02 Å². The predicted molar refractivity (Wildman–Crippen MR) is 109 cm³/mol. The lowest BCUT2D eigenvalue weighted by Crippen LogP contribution is -2.19. The fourth-order valence-electron chi connectivity index (χ4n) is 2.26. The van der Waals surface area contributed by atoms with Crippen LogP contribution in [-0.2, 0) is 0 Å². The Morgan fingerprint density at radius 2 is 1.81 bits per heavy atom. The topological polar surface area (TPSA) is 59.9 Å². The summed E-state index contributed by atoms with van der Waals surface area (Å²) in [4.78, 5) is 12.2. The molecule has 1 amide bonds. The fourth-order valence-corrected chi connectivity index (χ4v) is 2.49. The second-order valence-electron chi connectivity index (χ2n) is 6.32. The lowest BCUT2D eigenvalue weighted by molar-refractivity contribution is 0.0955. The Morgan fingerprint density at radius 1 is 1.15 bits per heavy atom. The fraction of sp³-hybridized carbons (Fsp3) is 0.333. The molecule has 5 nitrogen and oxygen atoms in total. The molecule has 0 aromatic heterocycles. The number of rotatable bonds is 8. The van der Waals surface area contributed by atoms with Crippen LogP contribution in [0.3, 0.4) is 0 Å². The van der Waals surface area contributed by atoms with E-state index >= 15 is 0 Å². The highest BCUT2D eigenvalue weighted by atomic mass is 35.5. The molecule has 0 radical (unpaired) electrons. The molecule has 27 heavy (non-hydrogen) atoms. The maximum atomic E-state index is 12.2. The third-order valence-electron chi connectivity index (χ3n) is 3.63. The van der Waals surface area contributed by atoms with Gasteiger partial charge in [0.05, 0.1) is 23.4 Å². The molecular formula is C21H25ClN2O3. The first-order valence-electron chi connectivity index (χ1n) is 8.94. The lowest BCUT2D eigenvalue weighted by Gasteiger charge is -2.12. The van der Waals surface area contributed by atoms with Gasteiger partial charge in [-0.05, 0) is 75.2 Å². The zero-order valence-electron chi connectivity index (χ0n) is 16.1. The summed E-state index contributed by atoms with van der Waals surface area (Å²) in [7, 11) is 0. The number of hydrazone groups is 1. The minimum Gasteiger partial charge on any atom is -0.494 e. The molecule has 0 aliphatic rings. The molecular weight excluding hydrogens is 364 g/mol. The SMILES string of the molecule is CCCOc1ccc(C(=O)N/N=C(/C)c2ccc(OC(C)C)c(Cl)c2)cc1. The Labute approximate surface area is 165 Å². The Morgan fingerprint density at radius 3 is 2.41 bits per heavy atom. The van der Waals surface area contributed by atoms with Gasteiger partial charge in [-0.1, -0.05) is 18.5 Å². The molecule has 0 aliphatic carbocycles. The molecule has 1 N–H and O–H groups in total. The number of ether oxygens (including phenoxy) is 2. The van der Waals surface area contributed by atoms with Crippen molar-refractivity contribution in [2.75, 3.05) is 6.61 Å². The highest BCUT2D eigenvalue weighted by molar-refractivity contribution is 6.32. The van der Waals surface area contributed by atoms with Gasteiger partial charge in [0.1, 0.15) is 11.5 Å². The Bertz CT molecular complexity index is 802. The highest BCUT2D eigenvalue weighted by Gasteiger charge is 2.08. The molecule has 0 saturated heterocycles. The number of halogens is 1. The predicted octanol–water partition coefficient (Wildman–Crippen LogP) is 5.07. The number of amides is 1. The second kappa shape index (κ2) is 9.97. The van der Waals surface area contributed by atoms with Crippen LogP contribution < -0.4 is 14.9 Å². The number of nitrogens with zero attached hydrogens (tertiary/aromatic N) is 1. The molecule has 2 aromatic carbocycles. The third kappa shape index (κ3) is 6.29. The number of hydrogen-bond donors (Lipinski definition) is 1. The zero-order valence-corrected chi connectivity index (χ0v) is 16.8. The van der Waals surface area contributed by atoms with Gasteiger partial charge in [-0.3, -0.25) is 4.79 Å². The Hall–Kier alpha value is -2.53. The average Bonchev–Trinajstić information content (AvgIpc) is 2.65. The van der Waals surface area contributed by atoms with Crippen molar-refractivity contribution in [2.24, 2.45) is 5.10 Å². The standard InChI is InChI=1S/C21H25ClN2O3/c1-5-12-26-18-9-6-16(7-10-18)21(25)24-23-15(4)17-8-11-20(19(22)13-17)27-14(2)3/h6-11,13-14H,5,12H2,1-4H3,(H,24,25)/b23-15-. The molecule has 0 bridgehead atoms. The van der Waals surface area contributed by atoms with E-state index in [1.54, 1.807) is 43.3 Å². The van der Waals surface area contributed by atoms with E-state index in [4.69, 9.17) is 21.1 Å². The molecule has 0 saturated carbocycles. The quantitative estimate of drug-likeness (QED) is 0.507. The van der Waals surface area contributed by atoms with Crippen molar-refractivity contribution in [3.8, 4) is 11.5 Å². The van der Waals surface area contributed by atoms with E-state index in [1.807, 2.05) is 26.8 Å². The summed E-state index contributed by atoms with van der Waals surface area (Å²) in [5.74, 6) is 1.08. The minimum absolute atomic E-state index is 0.0427. The summed E-state index contributed by atoms with van der Waals surface area (Å²) in [6, 6.07) is 12.4. The molecule has 2 rings (SSSR count). The summed E-state index contributed by atoms with van der Waals surface area (Å²) >= 11 is 6.25. The minimum atomic E-state index is -0.290. The number of hydrogen-bond acceptors (Lipinski definition) is 4. The van der Waals surface area contributed by atoms with E-state index < -0.39 is 0 Å². The molecule has 0 heterocycles. The molecule has 6 heteroatoms. The monoisotopic (exact) mass is 388 g/mol. The first-order valence-corrected chi connectivity index (χ1v) is 9.32. The third-order valence-corrected chi connectivity index (χ3v) is 3.92. The molecule has 0 spiro atoms. The van der Waals surface area contributed by atoms with E-state index in [9.17, 15) is 4.79 Å². The van der Waals surface area contributed by atoms with Gasteiger partial charge in [0.25, 0.3) is 5.91 Å². The van der Waals surface area contributed by atoms with Crippen LogP contribution in [0.4, 0.5) is 0 Å². The summed E-state index contributed by atoms with van der Waals surface area (Å²) in [5.41, 5.74) is 4.52. The summed E-state index contributed by atoms with van der Waals surface area (Å²) in [6.45, 7) is 8.37. The van der Waals surface area contributed by atoms with Crippen molar-refractivity contribution in [1.29, 1.82) is 0 Å². The number of nitrogens with one attached hydrogen (secondary N) is 1. The first-order chi connectivity index (χ1) is 12.9. The average molecular weight is 389 g/mol. The Kier molecular flexibility index (Phi) is 7.67. The maximum absolute atomic E-state index is 12.2. The van der Waals surface area contributed by atoms with Gasteiger partial charge in [-0.25, -0.2) is 5.43 Å². The van der Waals surface area contributed by atoms with Crippen molar-refractivity contribution in [2.45, 2.75) is 40.2 Å². The number of carbonyl (C=O) groups is 1. The summed E-state index contributed by atoms with van der Waals surface area (Å²) < 4.78 is 11.1. The van der Waals surface area contributed by atoms with Gasteiger partial charge in [0.15, 0.2) is 0 Å². The normalized spacial score (nSPS) is 11.4. The number of benzene rings is 2. The van der Waals surface area contributed by atoms with Crippen molar-refractivity contribution >= 4 is 23.2 Å². The van der Waals surface area contributed by atoms with Crippen LogP contribution in [0.5, 0.6) is 11.5 Å². The van der Waals surface area contributed by atoms with Crippen molar-refractivity contribution in [3.63, 3.8) is 0 Å². The van der Waals surface area contributed by atoms with Gasteiger partial charge in [-0.2, -0.15) is 5.10 Å². The molecule has 0 aliphatic heterocycles. The van der Waals surface area contributed by atoms with Crippen LogP contribution in [0, 0.1) is 0 Å². The van der Waals surface area contributed by atoms with Gasteiger partial charge in [0, 0.05) is 5.56 Å². The van der Waals surface area contributed by atoms with Crippen molar-refractivity contribution in [1.82, 2.24) is 5.43 Å². The lowest BCUT2D eigenvalue weighted by atomic mass is 10.1. The first kappa shape index (κ1) is 20.8. The molecule has 0 unspecified atom stereocenters. The van der Waals surface area contributed by atoms with Gasteiger partial charge >= 0.3 is 0 Å². The van der Waals surface area contributed by atoms with Gasteiger partial charge in [0.2, 0.25) is 0 Å². The van der Waals surface area contributed by atoms with E-state index in [-0.39, 0.29) is 12.0 Å². The molecule has 0 atom stereocenters. The smallest absolute Gasteiger partial charge is 0.271 e. The van der Waals surface area contributed by atoms with Crippen molar-refractivity contribution < 1.29 is 14.3 Å². The van der Waals surface area contributed by atoms with Crippen molar-refractivity contribution in [3.05, 3.63) is 58.6 Å². The summed E-state index contributed by atoms with van der Waals surface area (Å²) in [5, 5.41) is 4.67. The molecule has 2 aromatic rings. The van der Waals surface area contributed by atoms with E-state index in [0.717, 1.165) is 17.7 Å². The van der Waals surface area contributed by atoms with Crippen LogP contribution in [-0.4, -0.2) is 24.3 Å². The molecule has 0 fully saturated rings. The molecule has 144 valence electrons. The van der Waals surface area contributed by atoms with E-state index in [0.29, 0.717) is 28.7 Å². The van der Waals surface area contributed by atoms with Crippen LogP contribution >= 0.6 is 11.6 Å². The number of carbonyl (C=O) groups excluding carboxylic acids is 1. The van der Waals surface area contributed by atoms with Gasteiger partial charge < -0.3 is 9.47 Å². The van der Waals surface area contributed by atoms with Gasteiger partial charge in [-0.15, -0.1) is 0 Å². The van der Waals surface area contributed by atoms with E-state index in [1.165, 1.54) is 0 Å². The van der Waals surface area contributed by atoms with E-state index in [2.05, 4.69) is 10.5 Å². The maximum Gasteiger partial charge on any atom is 0.271 e. The summed E-state index contributed by atoms with van der Waals surface area (Å²) in [6.07, 6.45) is 0.978. The Balaban J connectivity index is 2.01. The van der Waals surface area contributed by atoms with Crippen LogP contribution in [0.25, 0.3) is 0 Å².